The number of nitrogens with zero attached hydrogens (tertiary/aromatic N) is 3. The Morgan fingerprint density at radius 3 is 2.75 bits per heavy atom. The molecule has 1 saturated heterocycles. The normalized spacial score (nSPS) is 18.2. The van der Waals surface area contributed by atoms with Crippen molar-refractivity contribution in [3.63, 3.8) is 0 Å². The number of carbonyl (C=O) groups is 1. The summed E-state index contributed by atoms with van der Waals surface area (Å²) in [6.07, 6.45) is 4.97. The largest absolute Gasteiger partial charge is 0.334 e. The minimum atomic E-state index is 0.0867. The highest BCUT2D eigenvalue weighted by atomic mass is 16.2. The standard InChI is InChI=1S/C19H22N4O/c24-19(15-4-2-1-3-5-15)23-11-8-17-16(13-23)12-21-18(22-17)14-6-9-20-10-7-14/h1-5,12,14,20H,6-11,13H2. The summed E-state index contributed by atoms with van der Waals surface area (Å²) in [4.78, 5) is 23.9. The molecule has 0 saturated carbocycles. The summed E-state index contributed by atoms with van der Waals surface area (Å²) in [7, 11) is 0. The second-order valence-corrected chi connectivity index (χ2v) is 6.57. The van der Waals surface area contributed by atoms with Gasteiger partial charge in [0.25, 0.3) is 5.91 Å². The number of benzene rings is 1. The summed E-state index contributed by atoms with van der Waals surface area (Å²) >= 11 is 0. The highest BCUT2D eigenvalue weighted by molar-refractivity contribution is 5.94. The van der Waals surface area contributed by atoms with Crippen LogP contribution in [0.2, 0.25) is 0 Å². The Morgan fingerprint density at radius 1 is 1.17 bits per heavy atom. The predicted octanol–water partition coefficient (Wildman–Crippen LogP) is 2.14. The molecule has 0 spiro atoms. The Hall–Kier alpha value is -2.27. The first-order valence-corrected chi connectivity index (χ1v) is 8.71. The zero-order valence-electron chi connectivity index (χ0n) is 13.7. The molecule has 1 amide bonds. The fourth-order valence-corrected chi connectivity index (χ4v) is 3.55. The molecule has 4 rings (SSSR count). The molecule has 5 nitrogen and oxygen atoms in total. The quantitative estimate of drug-likeness (QED) is 0.920. The fourth-order valence-electron chi connectivity index (χ4n) is 3.55. The van der Waals surface area contributed by atoms with Gasteiger partial charge in [0.15, 0.2) is 0 Å². The van der Waals surface area contributed by atoms with Crippen LogP contribution in [0, 0.1) is 0 Å². The van der Waals surface area contributed by atoms with Crippen LogP contribution in [0.5, 0.6) is 0 Å². The molecule has 24 heavy (non-hydrogen) atoms. The van der Waals surface area contributed by atoms with Gasteiger partial charge in [-0.1, -0.05) is 18.2 Å². The van der Waals surface area contributed by atoms with Crippen LogP contribution in [0.25, 0.3) is 0 Å². The van der Waals surface area contributed by atoms with Crippen LogP contribution in [-0.4, -0.2) is 40.4 Å². The van der Waals surface area contributed by atoms with Crippen molar-refractivity contribution in [1.82, 2.24) is 20.2 Å². The first-order chi connectivity index (χ1) is 11.8. The Balaban J connectivity index is 1.50. The molecule has 0 unspecified atom stereocenters. The topological polar surface area (TPSA) is 58.1 Å². The van der Waals surface area contributed by atoms with Crippen LogP contribution in [0.3, 0.4) is 0 Å². The van der Waals surface area contributed by atoms with Gasteiger partial charge in [0.2, 0.25) is 0 Å². The van der Waals surface area contributed by atoms with Gasteiger partial charge in [0.05, 0.1) is 5.69 Å². The molecule has 0 radical (unpaired) electrons. The number of hydrogen-bond donors (Lipinski definition) is 1. The summed E-state index contributed by atoms with van der Waals surface area (Å²) in [5.74, 6) is 1.54. The number of aromatic nitrogens is 2. The van der Waals surface area contributed by atoms with E-state index < -0.39 is 0 Å². The second-order valence-electron chi connectivity index (χ2n) is 6.57. The first-order valence-electron chi connectivity index (χ1n) is 8.71. The van der Waals surface area contributed by atoms with Crippen LogP contribution in [0.4, 0.5) is 0 Å². The van der Waals surface area contributed by atoms with Crippen molar-refractivity contribution in [2.75, 3.05) is 19.6 Å². The van der Waals surface area contributed by atoms with Gasteiger partial charge in [-0.05, 0) is 38.1 Å². The molecule has 0 atom stereocenters. The van der Waals surface area contributed by atoms with Crippen molar-refractivity contribution >= 4 is 5.91 Å². The maximum atomic E-state index is 12.6. The van der Waals surface area contributed by atoms with Crippen molar-refractivity contribution in [3.05, 3.63) is 59.2 Å². The summed E-state index contributed by atoms with van der Waals surface area (Å²) in [6.45, 7) is 3.42. The van der Waals surface area contributed by atoms with E-state index in [0.717, 1.165) is 61.5 Å². The summed E-state index contributed by atoms with van der Waals surface area (Å²) in [5, 5.41) is 3.38. The molecule has 0 bridgehead atoms. The van der Waals surface area contributed by atoms with Crippen molar-refractivity contribution in [2.45, 2.75) is 31.7 Å². The molecule has 1 aromatic heterocycles. The minimum absolute atomic E-state index is 0.0867. The Labute approximate surface area is 142 Å². The third kappa shape index (κ3) is 3.04. The summed E-state index contributed by atoms with van der Waals surface area (Å²) < 4.78 is 0. The third-order valence-electron chi connectivity index (χ3n) is 4.96. The number of hydrogen-bond acceptors (Lipinski definition) is 4. The third-order valence-corrected chi connectivity index (χ3v) is 4.96. The minimum Gasteiger partial charge on any atom is -0.334 e. The monoisotopic (exact) mass is 322 g/mol. The van der Waals surface area contributed by atoms with Gasteiger partial charge in [-0.3, -0.25) is 4.79 Å². The van der Waals surface area contributed by atoms with Crippen LogP contribution in [-0.2, 0) is 13.0 Å². The van der Waals surface area contributed by atoms with Crippen molar-refractivity contribution in [2.24, 2.45) is 0 Å². The van der Waals surface area contributed by atoms with Crippen molar-refractivity contribution in [3.8, 4) is 0 Å². The van der Waals surface area contributed by atoms with Crippen LogP contribution in [0.1, 0.15) is 46.2 Å². The molecule has 1 N–H and O–H groups in total. The van der Waals surface area contributed by atoms with E-state index in [0.29, 0.717) is 12.5 Å². The van der Waals surface area contributed by atoms with Gasteiger partial charge in [0, 0.05) is 42.8 Å². The van der Waals surface area contributed by atoms with E-state index in [1.165, 1.54) is 0 Å². The van der Waals surface area contributed by atoms with E-state index in [4.69, 9.17) is 4.98 Å². The zero-order valence-corrected chi connectivity index (χ0v) is 13.7. The smallest absolute Gasteiger partial charge is 0.254 e. The van der Waals surface area contributed by atoms with Gasteiger partial charge in [-0.25, -0.2) is 9.97 Å². The van der Waals surface area contributed by atoms with Gasteiger partial charge in [-0.2, -0.15) is 0 Å². The summed E-state index contributed by atoms with van der Waals surface area (Å²) in [6, 6.07) is 9.47. The van der Waals surface area contributed by atoms with E-state index >= 15 is 0 Å². The van der Waals surface area contributed by atoms with Crippen molar-refractivity contribution < 1.29 is 4.79 Å². The Morgan fingerprint density at radius 2 is 1.96 bits per heavy atom. The molecule has 0 aliphatic carbocycles. The van der Waals surface area contributed by atoms with E-state index in [1.807, 2.05) is 41.4 Å². The summed E-state index contributed by atoms with van der Waals surface area (Å²) in [5.41, 5.74) is 2.95. The Kier molecular flexibility index (Phi) is 4.26. The van der Waals surface area contributed by atoms with Gasteiger partial charge >= 0.3 is 0 Å². The molecule has 124 valence electrons. The van der Waals surface area contributed by atoms with E-state index in [-0.39, 0.29) is 5.91 Å². The molecule has 5 heteroatoms. The lowest BCUT2D eigenvalue weighted by atomic mass is 9.96. The SMILES string of the molecule is O=C(c1ccccc1)N1CCc2nc(C3CCNCC3)ncc2C1. The number of nitrogens with one attached hydrogen (secondary N) is 1. The van der Waals surface area contributed by atoms with E-state index in [1.54, 1.807) is 0 Å². The van der Waals surface area contributed by atoms with Crippen LogP contribution < -0.4 is 5.32 Å². The van der Waals surface area contributed by atoms with Gasteiger partial charge < -0.3 is 10.2 Å². The number of rotatable bonds is 2. The second kappa shape index (κ2) is 6.69. The predicted molar refractivity (Wildman–Crippen MR) is 91.8 cm³/mol. The van der Waals surface area contributed by atoms with Crippen molar-refractivity contribution in [1.29, 1.82) is 0 Å². The molecule has 1 fully saturated rings. The number of fused-ring (bicyclic) bond motifs is 1. The molecule has 3 heterocycles. The molecule has 2 aliphatic rings. The maximum Gasteiger partial charge on any atom is 0.254 e. The fraction of sp³-hybridized carbons (Fsp3) is 0.421. The van der Waals surface area contributed by atoms with Gasteiger partial charge in [-0.15, -0.1) is 0 Å². The lowest BCUT2D eigenvalue weighted by Gasteiger charge is -2.29. The van der Waals surface area contributed by atoms with E-state index in [9.17, 15) is 4.79 Å². The lowest BCUT2D eigenvalue weighted by Crippen LogP contribution is -2.36. The highest BCUT2D eigenvalue weighted by Crippen LogP contribution is 2.25. The van der Waals surface area contributed by atoms with Gasteiger partial charge in [0.1, 0.15) is 5.82 Å². The molecule has 2 aromatic rings. The number of carbonyl (C=O) groups excluding carboxylic acids is 1. The maximum absolute atomic E-state index is 12.6. The Bertz CT molecular complexity index is 725. The number of amides is 1. The lowest BCUT2D eigenvalue weighted by molar-refractivity contribution is 0.0733. The molecule has 2 aliphatic heterocycles. The van der Waals surface area contributed by atoms with Crippen LogP contribution >= 0.6 is 0 Å². The molecule has 1 aromatic carbocycles. The highest BCUT2D eigenvalue weighted by Gasteiger charge is 2.25. The van der Waals surface area contributed by atoms with E-state index in [2.05, 4.69) is 10.3 Å². The average molecular weight is 322 g/mol. The first kappa shape index (κ1) is 15.3. The molecular weight excluding hydrogens is 300 g/mol. The average Bonchev–Trinajstić information content (AvgIpc) is 2.68. The number of piperidine rings is 1. The van der Waals surface area contributed by atoms with Crippen LogP contribution in [0.15, 0.2) is 36.5 Å². The molecular formula is C19H22N4O. The zero-order chi connectivity index (χ0) is 16.4.